The van der Waals surface area contributed by atoms with E-state index in [2.05, 4.69) is 13.8 Å². The molecular formula is C26H42O4. The molecule has 0 amide bonds. The van der Waals surface area contributed by atoms with Crippen LogP contribution in [-0.4, -0.2) is 23.1 Å². The maximum Gasteiger partial charge on any atom is 0.338 e. The fourth-order valence-electron chi connectivity index (χ4n) is 3.80. The number of unbranched alkanes of at least 4 members (excludes halogenated alkanes) is 11. The minimum atomic E-state index is -1.04. The third kappa shape index (κ3) is 12.0. The monoisotopic (exact) mass is 418 g/mol. The summed E-state index contributed by atoms with van der Waals surface area (Å²) in [4.78, 5) is 23.5. The number of rotatable bonds is 18. The molecular weight excluding hydrogens is 376 g/mol. The molecule has 0 saturated carbocycles. The molecule has 1 rings (SSSR count). The number of carboxylic acids is 1. The average Bonchev–Trinajstić information content (AvgIpc) is 2.74. The van der Waals surface area contributed by atoms with Gasteiger partial charge in [0.2, 0.25) is 0 Å². The highest BCUT2D eigenvalue weighted by molar-refractivity contribution is 5.94. The molecule has 4 nitrogen and oxygen atoms in total. The molecule has 4 heteroatoms. The third-order valence-electron chi connectivity index (χ3n) is 5.61. The summed E-state index contributed by atoms with van der Waals surface area (Å²) in [5, 5.41) is 9.08. The Labute approximate surface area is 183 Å². The average molecular weight is 419 g/mol. The molecule has 0 aliphatic carbocycles. The molecule has 0 heterocycles. The molecule has 1 aromatic carbocycles. The van der Waals surface area contributed by atoms with Gasteiger partial charge in [0.05, 0.1) is 11.1 Å². The maximum absolute atomic E-state index is 12.4. The summed E-state index contributed by atoms with van der Waals surface area (Å²) in [5.74, 6) is -1.46. The predicted molar refractivity (Wildman–Crippen MR) is 123 cm³/mol. The van der Waals surface area contributed by atoms with Crippen molar-refractivity contribution in [2.45, 2.75) is 116 Å². The Morgan fingerprint density at radius 2 is 1.30 bits per heavy atom. The fraction of sp³-hybridized carbons (Fsp3) is 0.692. The lowest BCUT2D eigenvalue weighted by atomic mass is 10.0. The Morgan fingerprint density at radius 3 is 1.83 bits per heavy atom. The zero-order chi connectivity index (χ0) is 22.0. The lowest BCUT2D eigenvalue weighted by molar-refractivity contribution is 0.0253. The molecule has 1 unspecified atom stereocenters. The highest BCUT2D eigenvalue weighted by Gasteiger charge is 2.16. The molecule has 1 N–H and O–H groups in total. The maximum atomic E-state index is 12.4. The summed E-state index contributed by atoms with van der Waals surface area (Å²) in [6, 6.07) is 6.06. The highest BCUT2D eigenvalue weighted by Crippen LogP contribution is 2.17. The van der Waals surface area contributed by atoms with Crippen LogP contribution in [0.4, 0.5) is 0 Å². The first-order chi connectivity index (χ1) is 14.6. The molecule has 1 atom stereocenters. The number of aromatic carboxylic acids is 1. The molecule has 30 heavy (non-hydrogen) atoms. The van der Waals surface area contributed by atoms with Crippen LogP contribution in [0, 0.1) is 0 Å². The van der Waals surface area contributed by atoms with Crippen LogP contribution in [-0.2, 0) is 4.74 Å². The smallest absolute Gasteiger partial charge is 0.338 e. The summed E-state index contributed by atoms with van der Waals surface area (Å²) in [6.45, 7) is 4.35. The summed E-state index contributed by atoms with van der Waals surface area (Å²) in [5.41, 5.74) is 0.420. The Hall–Kier alpha value is -1.84. The van der Waals surface area contributed by atoms with Gasteiger partial charge in [0, 0.05) is 0 Å². The van der Waals surface area contributed by atoms with Crippen molar-refractivity contribution in [3.8, 4) is 0 Å². The SMILES string of the molecule is CCCCCCCCCCCCCCC(CCC)OC(=O)c1cccc(C(=O)O)c1. The van der Waals surface area contributed by atoms with Crippen molar-refractivity contribution in [2.24, 2.45) is 0 Å². The minimum Gasteiger partial charge on any atom is -0.478 e. The van der Waals surface area contributed by atoms with Crippen LogP contribution in [0.15, 0.2) is 24.3 Å². The lowest BCUT2D eigenvalue weighted by Crippen LogP contribution is -2.18. The van der Waals surface area contributed by atoms with E-state index < -0.39 is 11.9 Å². The molecule has 0 saturated heterocycles. The van der Waals surface area contributed by atoms with Gasteiger partial charge in [-0.05, 0) is 37.5 Å². The van der Waals surface area contributed by atoms with E-state index in [0.717, 1.165) is 25.7 Å². The number of hydrogen-bond acceptors (Lipinski definition) is 3. The van der Waals surface area contributed by atoms with Crippen LogP contribution in [0.3, 0.4) is 0 Å². The van der Waals surface area contributed by atoms with Gasteiger partial charge >= 0.3 is 11.9 Å². The van der Waals surface area contributed by atoms with E-state index in [1.807, 2.05) is 0 Å². The van der Waals surface area contributed by atoms with E-state index >= 15 is 0 Å². The fourth-order valence-corrected chi connectivity index (χ4v) is 3.80. The van der Waals surface area contributed by atoms with E-state index in [9.17, 15) is 9.59 Å². The van der Waals surface area contributed by atoms with Crippen molar-refractivity contribution in [1.29, 1.82) is 0 Å². The molecule has 1 aromatic rings. The molecule has 0 aliphatic rings. The molecule has 0 aromatic heterocycles. The number of carboxylic acid groups (broad SMARTS) is 1. The van der Waals surface area contributed by atoms with Crippen LogP contribution in [0.1, 0.15) is 131 Å². The van der Waals surface area contributed by atoms with Crippen molar-refractivity contribution < 1.29 is 19.4 Å². The number of hydrogen-bond donors (Lipinski definition) is 1. The van der Waals surface area contributed by atoms with Crippen LogP contribution in [0.2, 0.25) is 0 Å². The summed E-state index contributed by atoms with van der Waals surface area (Å²) >= 11 is 0. The molecule has 170 valence electrons. The van der Waals surface area contributed by atoms with E-state index in [0.29, 0.717) is 5.56 Å². The normalized spacial score (nSPS) is 11.9. The summed E-state index contributed by atoms with van der Waals surface area (Å²) < 4.78 is 5.68. The van der Waals surface area contributed by atoms with Gasteiger partial charge in [-0.2, -0.15) is 0 Å². The lowest BCUT2D eigenvalue weighted by Gasteiger charge is -2.17. The minimum absolute atomic E-state index is 0.0842. The summed E-state index contributed by atoms with van der Waals surface area (Å²) in [6.07, 6.45) is 18.4. The predicted octanol–water partition coefficient (Wildman–Crippen LogP) is 7.80. The number of carbonyl (C=O) groups excluding carboxylic acids is 1. The second kappa shape index (κ2) is 16.9. The van der Waals surface area contributed by atoms with E-state index in [4.69, 9.17) is 9.84 Å². The van der Waals surface area contributed by atoms with E-state index in [1.165, 1.54) is 82.8 Å². The summed E-state index contributed by atoms with van der Waals surface area (Å²) in [7, 11) is 0. The van der Waals surface area contributed by atoms with Gasteiger partial charge < -0.3 is 9.84 Å². The largest absolute Gasteiger partial charge is 0.478 e. The number of esters is 1. The van der Waals surface area contributed by atoms with Gasteiger partial charge in [-0.1, -0.05) is 97.0 Å². The van der Waals surface area contributed by atoms with Crippen molar-refractivity contribution in [2.75, 3.05) is 0 Å². The molecule has 0 bridgehead atoms. The van der Waals surface area contributed by atoms with E-state index in [1.54, 1.807) is 12.1 Å². The second-order valence-electron chi connectivity index (χ2n) is 8.38. The van der Waals surface area contributed by atoms with Gasteiger partial charge in [-0.25, -0.2) is 9.59 Å². The number of ether oxygens (including phenoxy) is 1. The Kier molecular flexibility index (Phi) is 14.8. The molecule has 0 radical (unpaired) electrons. The van der Waals surface area contributed by atoms with Crippen LogP contribution in [0.25, 0.3) is 0 Å². The molecule has 0 spiro atoms. The van der Waals surface area contributed by atoms with Crippen LogP contribution < -0.4 is 0 Å². The first-order valence-electron chi connectivity index (χ1n) is 12.1. The number of carbonyl (C=O) groups is 2. The van der Waals surface area contributed by atoms with Crippen molar-refractivity contribution in [3.63, 3.8) is 0 Å². The second-order valence-corrected chi connectivity index (χ2v) is 8.38. The Balaban J connectivity index is 2.19. The highest BCUT2D eigenvalue weighted by atomic mass is 16.5. The van der Waals surface area contributed by atoms with Gasteiger partial charge in [0.15, 0.2) is 0 Å². The molecule has 0 fully saturated rings. The zero-order valence-electron chi connectivity index (χ0n) is 19.2. The van der Waals surface area contributed by atoms with Crippen LogP contribution in [0.5, 0.6) is 0 Å². The van der Waals surface area contributed by atoms with Crippen LogP contribution >= 0.6 is 0 Å². The topological polar surface area (TPSA) is 63.6 Å². The van der Waals surface area contributed by atoms with Gasteiger partial charge in [-0.15, -0.1) is 0 Å². The van der Waals surface area contributed by atoms with Gasteiger partial charge in [-0.3, -0.25) is 0 Å². The standard InChI is InChI=1S/C26H42O4/c1-3-5-6-7-8-9-10-11-12-13-14-15-20-24(17-4-2)30-26(29)23-19-16-18-22(21-23)25(27)28/h16,18-19,21,24H,3-15,17,20H2,1-2H3,(H,27,28). The first kappa shape index (κ1) is 26.2. The van der Waals surface area contributed by atoms with Crippen molar-refractivity contribution in [1.82, 2.24) is 0 Å². The van der Waals surface area contributed by atoms with Crippen molar-refractivity contribution in [3.05, 3.63) is 35.4 Å². The quantitative estimate of drug-likeness (QED) is 0.195. The Bertz CT molecular complexity index is 596. The van der Waals surface area contributed by atoms with Crippen molar-refractivity contribution >= 4 is 11.9 Å². The zero-order valence-corrected chi connectivity index (χ0v) is 19.2. The first-order valence-corrected chi connectivity index (χ1v) is 12.1. The van der Waals surface area contributed by atoms with Gasteiger partial charge in [0.1, 0.15) is 6.10 Å². The third-order valence-corrected chi connectivity index (χ3v) is 5.61. The van der Waals surface area contributed by atoms with Gasteiger partial charge in [0.25, 0.3) is 0 Å². The number of benzene rings is 1. The Morgan fingerprint density at radius 1 is 0.767 bits per heavy atom. The molecule has 0 aliphatic heterocycles. The van der Waals surface area contributed by atoms with E-state index in [-0.39, 0.29) is 11.7 Å².